The van der Waals surface area contributed by atoms with Gasteiger partial charge in [0.25, 0.3) is 0 Å². The lowest BCUT2D eigenvalue weighted by Gasteiger charge is -2.37. The number of allylic oxidation sites excluding steroid dienone is 2. The quantitative estimate of drug-likeness (QED) is 0.850. The molecule has 0 aromatic heterocycles. The summed E-state index contributed by atoms with van der Waals surface area (Å²) in [6, 6.07) is 10.4. The van der Waals surface area contributed by atoms with Gasteiger partial charge in [0, 0.05) is 32.7 Å². The number of benzene rings is 1. The minimum absolute atomic E-state index is 0.0378. The number of carboxylic acid groups (broad SMARTS) is 1. The first-order valence-corrected chi connectivity index (χ1v) is 9.09. The van der Waals surface area contributed by atoms with Gasteiger partial charge in [-0.15, -0.1) is 0 Å². The highest BCUT2D eigenvalue weighted by Gasteiger charge is 2.52. The highest BCUT2D eigenvalue weighted by molar-refractivity contribution is 5.87. The van der Waals surface area contributed by atoms with E-state index < -0.39 is 11.9 Å². The summed E-state index contributed by atoms with van der Waals surface area (Å²) in [6.07, 6.45) is 4.87. The molecule has 25 heavy (non-hydrogen) atoms. The van der Waals surface area contributed by atoms with Crippen molar-refractivity contribution in [3.8, 4) is 0 Å². The highest BCUT2D eigenvalue weighted by atomic mass is 16.4. The van der Waals surface area contributed by atoms with E-state index >= 15 is 0 Å². The Hall–Kier alpha value is -2.14. The molecule has 2 bridgehead atoms. The third-order valence-corrected chi connectivity index (χ3v) is 5.96. The minimum Gasteiger partial charge on any atom is -0.481 e. The van der Waals surface area contributed by atoms with E-state index in [1.807, 2.05) is 29.2 Å². The fraction of sp³-hybridized carbons (Fsp3) is 0.500. The highest BCUT2D eigenvalue weighted by Crippen LogP contribution is 2.48. The molecule has 5 nitrogen and oxygen atoms in total. The first-order valence-electron chi connectivity index (χ1n) is 9.09. The smallest absolute Gasteiger partial charge is 0.307 e. The van der Waals surface area contributed by atoms with Crippen molar-refractivity contribution in [3.63, 3.8) is 0 Å². The molecule has 1 aliphatic heterocycles. The fourth-order valence-corrected chi connectivity index (χ4v) is 4.67. The van der Waals surface area contributed by atoms with Gasteiger partial charge in [-0.1, -0.05) is 42.5 Å². The van der Waals surface area contributed by atoms with Crippen LogP contribution in [0.25, 0.3) is 0 Å². The van der Waals surface area contributed by atoms with Gasteiger partial charge in [-0.05, 0) is 23.8 Å². The van der Waals surface area contributed by atoms with E-state index in [1.54, 1.807) is 0 Å². The Bertz CT molecular complexity index is 679. The number of aliphatic carboxylic acids is 1. The Morgan fingerprint density at radius 2 is 1.60 bits per heavy atom. The number of hydrogen-bond donors (Lipinski definition) is 1. The van der Waals surface area contributed by atoms with Crippen LogP contribution < -0.4 is 0 Å². The number of nitrogens with zero attached hydrogens (tertiary/aromatic N) is 2. The number of carbonyl (C=O) groups excluding carboxylic acids is 1. The number of hydrogen-bond acceptors (Lipinski definition) is 3. The largest absolute Gasteiger partial charge is 0.481 e. The monoisotopic (exact) mass is 340 g/mol. The molecule has 0 spiro atoms. The Labute approximate surface area is 147 Å². The molecule has 1 saturated carbocycles. The second kappa shape index (κ2) is 6.64. The number of carbonyl (C=O) groups is 2. The molecule has 2 fully saturated rings. The van der Waals surface area contributed by atoms with E-state index in [0.29, 0.717) is 13.1 Å². The predicted octanol–water partition coefficient (Wildman–Crippen LogP) is 1.85. The topological polar surface area (TPSA) is 60.9 Å². The average molecular weight is 340 g/mol. The first-order chi connectivity index (χ1) is 12.1. The van der Waals surface area contributed by atoms with Gasteiger partial charge in [0.1, 0.15) is 0 Å². The SMILES string of the molecule is O=C(O)[C@@H]1[C@@H](C(=O)N2CCN(Cc3ccccc3)CC2)[C@H]2C=C[C@H]1C2. The lowest BCUT2D eigenvalue weighted by Crippen LogP contribution is -2.52. The summed E-state index contributed by atoms with van der Waals surface area (Å²) in [5, 5.41) is 9.55. The van der Waals surface area contributed by atoms with Crippen molar-refractivity contribution in [1.82, 2.24) is 9.80 Å². The third kappa shape index (κ3) is 3.09. The molecule has 1 N–H and O–H groups in total. The molecule has 1 aromatic rings. The van der Waals surface area contributed by atoms with Gasteiger partial charge in [0.15, 0.2) is 0 Å². The van der Waals surface area contributed by atoms with Crippen LogP contribution in [-0.2, 0) is 16.1 Å². The zero-order chi connectivity index (χ0) is 17.4. The Kier molecular flexibility index (Phi) is 4.34. The normalized spacial score (nSPS) is 31.4. The van der Waals surface area contributed by atoms with Crippen molar-refractivity contribution >= 4 is 11.9 Å². The van der Waals surface area contributed by atoms with Gasteiger partial charge >= 0.3 is 5.97 Å². The molecule has 1 amide bonds. The van der Waals surface area contributed by atoms with Gasteiger partial charge in [0.2, 0.25) is 5.91 Å². The number of amides is 1. The van der Waals surface area contributed by atoms with E-state index in [-0.39, 0.29) is 23.7 Å². The van der Waals surface area contributed by atoms with Crippen LogP contribution in [0.15, 0.2) is 42.5 Å². The van der Waals surface area contributed by atoms with E-state index in [4.69, 9.17) is 0 Å². The van der Waals surface area contributed by atoms with Crippen LogP contribution in [0.5, 0.6) is 0 Å². The summed E-state index contributed by atoms with van der Waals surface area (Å²) in [5.74, 6) is -1.53. The van der Waals surface area contributed by atoms with Crippen LogP contribution in [0.3, 0.4) is 0 Å². The maximum atomic E-state index is 13.0. The minimum atomic E-state index is -0.821. The molecule has 132 valence electrons. The second-order valence-corrected chi connectivity index (χ2v) is 7.43. The lowest BCUT2D eigenvalue weighted by atomic mass is 9.82. The fourth-order valence-electron chi connectivity index (χ4n) is 4.67. The summed E-state index contributed by atoms with van der Waals surface area (Å²) >= 11 is 0. The van der Waals surface area contributed by atoms with Gasteiger partial charge in [0.05, 0.1) is 11.8 Å². The van der Waals surface area contributed by atoms with Crippen LogP contribution >= 0.6 is 0 Å². The number of carboxylic acids is 1. The van der Waals surface area contributed by atoms with E-state index in [2.05, 4.69) is 23.1 Å². The molecule has 3 aliphatic rings. The molecule has 2 aliphatic carbocycles. The zero-order valence-corrected chi connectivity index (χ0v) is 14.3. The molecule has 0 radical (unpaired) electrons. The maximum absolute atomic E-state index is 13.0. The first kappa shape index (κ1) is 16.3. The Morgan fingerprint density at radius 1 is 0.960 bits per heavy atom. The average Bonchev–Trinajstić information content (AvgIpc) is 3.24. The summed E-state index contributed by atoms with van der Waals surface area (Å²) < 4.78 is 0. The van der Waals surface area contributed by atoms with Crippen molar-refractivity contribution in [2.75, 3.05) is 26.2 Å². The van der Waals surface area contributed by atoms with Crippen molar-refractivity contribution in [2.24, 2.45) is 23.7 Å². The Balaban J connectivity index is 1.37. The van der Waals surface area contributed by atoms with Crippen LogP contribution in [-0.4, -0.2) is 53.0 Å². The van der Waals surface area contributed by atoms with E-state index in [9.17, 15) is 14.7 Å². The summed E-state index contributed by atoms with van der Waals surface area (Å²) in [7, 11) is 0. The molecule has 1 aromatic carbocycles. The summed E-state index contributed by atoms with van der Waals surface area (Å²) in [6.45, 7) is 3.97. The third-order valence-electron chi connectivity index (χ3n) is 5.96. The number of rotatable bonds is 4. The molecular formula is C20H24N2O3. The Morgan fingerprint density at radius 3 is 2.24 bits per heavy atom. The molecule has 4 atom stereocenters. The van der Waals surface area contributed by atoms with Gasteiger partial charge in [-0.2, -0.15) is 0 Å². The molecule has 1 saturated heterocycles. The summed E-state index contributed by atoms with van der Waals surface area (Å²) in [4.78, 5) is 28.9. The number of fused-ring (bicyclic) bond motifs is 2. The molecular weight excluding hydrogens is 316 g/mol. The predicted molar refractivity (Wildman–Crippen MR) is 93.7 cm³/mol. The maximum Gasteiger partial charge on any atom is 0.307 e. The van der Waals surface area contributed by atoms with Crippen molar-refractivity contribution in [2.45, 2.75) is 13.0 Å². The standard InChI is InChI=1S/C20H24N2O3/c23-19(17-15-6-7-16(12-15)18(17)20(24)25)22-10-8-21(9-11-22)13-14-4-2-1-3-5-14/h1-7,15-18H,8-13H2,(H,24,25)/t15-,16-,17-,18-/m0/s1. The van der Waals surface area contributed by atoms with Crippen molar-refractivity contribution < 1.29 is 14.7 Å². The zero-order valence-electron chi connectivity index (χ0n) is 14.3. The number of piperazine rings is 1. The van der Waals surface area contributed by atoms with Gasteiger partial charge < -0.3 is 10.0 Å². The lowest BCUT2D eigenvalue weighted by molar-refractivity contribution is -0.151. The molecule has 4 rings (SSSR count). The van der Waals surface area contributed by atoms with Crippen LogP contribution in [0.1, 0.15) is 12.0 Å². The van der Waals surface area contributed by atoms with Crippen LogP contribution in [0.2, 0.25) is 0 Å². The second-order valence-electron chi connectivity index (χ2n) is 7.43. The van der Waals surface area contributed by atoms with Crippen LogP contribution in [0, 0.1) is 23.7 Å². The molecule has 0 unspecified atom stereocenters. The van der Waals surface area contributed by atoms with Gasteiger partial charge in [-0.3, -0.25) is 14.5 Å². The van der Waals surface area contributed by atoms with Crippen molar-refractivity contribution in [1.29, 1.82) is 0 Å². The van der Waals surface area contributed by atoms with E-state index in [1.165, 1.54) is 5.56 Å². The van der Waals surface area contributed by atoms with Gasteiger partial charge in [-0.25, -0.2) is 0 Å². The van der Waals surface area contributed by atoms with Crippen LogP contribution in [0.4, 0.5) is 0 Å². The van der Waals surface area contributed by atoms with E-state index in [0.717, 1.165) is 26.1 Å². The molecule has 1 heterocycles. The summed E-state index contributed by atoms with van der Waals surface area (Å²) in [5.41, 5.74) is 1.28. The van der Waals surface area contributed by atoms with Crippen molar-refractivity contribution in [3.05, 3.63) is 48.0 Å². The molecule has 5 heteroatoms.